The van der Waals surface area contributed by atoms with Crippen molar-refractivity contribution in [2.45, 2.75) is 12.4 Å². The van der Waals surface area contributed by atoms with Crippen LogP contribution in [0.3, 0.4) is 0 Å². The summed E-state index contributed by atoms with van der Waals surface area (Å²) in [5.74, 6) is -0.555. The number of amides is 3. The summed E-state index contributed by atoms with van der Waals surface area (Å²) in [7, 11) is 3.68. The standard InChI is InChI=1S/C7H12BN2O4P/c8-4-3-14-7(13)10(4)5(11)1-2-9-6(12)15/h4H,1-3,8,15H2,(H,9,12)/t4-/m1/s1. The van der Waals surface area contributed by atoms with Gasteiger partial charge in [0.2, 0.25) is 11.6 Å². The van der Waals surface area contributed by atoms with E-state index in [9.17, 15) is 14.4 Å². The Labute approximate surface area is 90.3 Å². The van der Waals surface area contributed by atoms with Crippen molar-refractivity contribution in [3.63, 3.8) is 0 Å². The number of nitrogens with one attached hydrogen (secondary N) is 1. The maximum absolute atomic E-state index is 11.5. The molecule has 0 aliphatic carbocycles. The van der Waals surface area contributed by atoms with Crippen LogP contribution in [0, 0.1) is 0 Å². The predicted molar refractivity (Wildman–Crippen MR) is 58.3 cm³/mol. The third-order valence-corrected chi connectivity index (χ3v) is 2.20. The van der Waals surface area contributed by atoms with Crippen molar-refractivity contribution in [3.05, 3.63) is 0 Å². The number of nitrogens with zero attached hydrogens (tertiary/aromatic N) is 1. The molecule has 1 heterocycles. The van der Waals surface area contributed by atoms with Crippen molar-refractivity contribution in [3.8, 4) is 0 Å². The molecule has 6 nitrogen and oxygen atoms in total. The van der Waals surface area contributed by atoms with E-state index >= 15 is 0 Å². The van der Waals surface area contributed by atoms with Crippen LogP contribution >= 0.6 is 9.24 Å². The van der Waals surface area contributed by atoms with Gasteiger partial charge in [0.05, 0.1) is 0 Å². The lowest BCUT2D eigenvalue weighted by Crippen LogP contribution is -2.40. The van der Waals surface area contributed by atoms with Crippen molar-refractivity contribution in [2.24, 2.45) is 0 Å². The molecule has 1 rings (SSSR count). The number of rotatable bonds is 3. The first-order chi connectivity index (χ1) is 7.02. The highest BCUT2D eigenvalue weighted by molar-refractivity contribution is 7.39. The first-order valence-electron chi connectivity index (χ1n) is 4.54. The highest BCUT2D eigenvalue weighted by atomic mass is 31.0. The van der Waals surface area contributed by atoms with Gasteiger partial charge < -0.3 is 10.1 Å². The van der Waals surface area contributed by atoms with E-state index in [2.05, 4.69) is 5.32 Å². The van der Waals surface area contributed by atoms with Crippen LogP contribution < -0.4 is 5.32 Å². The molecule has 0 aromatic heterocycles. The second-order valence-electron chi connectivity index (χ2n) is 3.23. The van der Waals surface area contributed by atoms with Crippen LogP contribution in [-0.4, -0.2) is 49.5 Å². The second-order valence-corrected chi connectivity index (χ2v) is 3.76. The van der Waals surface area contributed by atoms with Gasteiger partial charge in [-0.2, -0.15) is 0 Å². The third kappa shape index (κ3) is 3.20. The molecule has 1 aliphatic rings. The van der Waals surface area contributed by atoms with Crippen molar-refractivity contribution in [2.75, 3.05) is 13.2 Å². The molecule has 0 aromatic rings. The SMILES string of the molecule is B[C@H]1COC(=O)N1C(=O)CCNC(=O)P. The highest BCUT2D eigenvalue weighted by Gasteiger charge is 2.34. The molecule has 0 aromatic carbocycles. The second kappa shape index (κ2) is 5.12. The fraction of sp³-hybridized carbons (Fsp3) is 0.571. The van der Waals surface area contributed by atoms with Gasteiger partial charge >= 0.3 is 6.09 Å². The fourth-order valence-electron chi connectivity index (χ4n) is 1.28. The van der Waals surface area contributed by atoms with E-state index in [-0.39, 0.29) is 37.1 Å². The Morgan fingerprint density at radius 3 is 2.80 bits per heavy atom. The summed E-state index contributed by atoms with van der Waals surface area (Å²) in [6.07, 6.45) is -0.510. The van der Waals surface area contributed by atoms with E-state index < -0.39 is 6.09 Å². The molecular weight excluding hydrogens is 218 g/mol. The van der Waals surface area contributed by atoms with Crippen LogP contribution in [0.15, 0.2) is 0 Å². The van der Waals surface area contributed by atoms with Gasteiger partial charge in [0, 0.05) is 18.9 Å². The van der Waals surface area contributed by atoms with Gasteiger partial charge in [-0.05, 0) is 9.24 Å². The first-order valence-corrected chi connectivity index (χ1v) is 5.12. The zero-order valence-electron chi connectivity index (χ0n) is 8.36. The fourth-order valence-corrected chi connectivity index (χ4v) is 1.42. The molecular formula is C7H12BN2O4P. The summed E-state index contributed by atoms with van der Waals surface area (Å²) >= 11 is 0. The zero-order valence-corrected chi connectivity index (χ0v) is 9.51. The maximum Gasteiger partial charge on any atom is 0.416 e. The number of imide groups is 1. The Balaban J connectivity index is 2.39. The average Bonchev–Trinajstić information content (AvgIpc) is 2.45. The van der Waals surface area contributed by atoms with Crippen LogP contribution in [0.4, 0.5) is 9.59 Å². The molecule has 0 saturated carbocycles. The molecule has 2 atom stereocenters. The lowest BCUT2D eigenvalue weighted by atomic mass is 9.96. The van der Waals surface area contributed by atoms with E-state index in [1.807, 2.05) is 9.24 Å². The molecule has 0 radical (unpaired) electrons. The summed E-state index contributed by atoms with van der Waals surface area (Å²) in [5.41, 5.74) is -0.278. The number of carbonyl (C=O) groups is 3. The van der Waals surface area contributed by atoms with Crippen LogP contribution in [0.5, 0.6) is 0 Å². The van der Waals surface area contributed by atoms with E-state index in [1.54, 1.807) is 7.85 Å². The lowest BCUT2D eigenvalue weighted by Gasteiger charge is -2.15. The Hall–Kier alpha value is -1.10. The number of ether oxygens (including phenoxy) is 1. The monoisotopic (exact) mass is 230 g/mol. The Kier molecular flexibility index (Phi) is 4.09. The van der Waals surface area contributed by atoms with Crippen LogP contribution in [0.2, 0.25) is 0 Å². The Bertz CT molecular complexity index is 299. The molecule has 15 heavy (non-hydrogen) atoms. The average molecular weight is 230 g/mol. The molecule has 3 amide bonds. The molecule has 1 fully saturated rings. The van der Waals surface area contributed by atoms with E-state index in [1.165, 1.54) is 0 Å². The summed E-state index contributed by atoms with van der Waals surface area (Å²) in [6, 6.07) is 0. The van der Waals surface area contributed by atoms with Gasteiger partial charge in [0.1, 0.15) is 14.5 Å². The van der Waals surface area contributed by atoms with Gasteiger partial charge in [-0.15, -0.1) is 0 Å². The van der Waals surface area contributed by atoms with Gasteiger partial charge in [-0.1, -0.05) is 0 Å². The van der Waals surface area contributed by atoms with E-state index in [0.717, 1.165) is 4.90 Å². The van der Waals surface area contributed by atoms with Crippen molar-refractivity contribution >= 4 is 34.7 Å². The van der Waals surface area contributed by atoms with Crippen molar-refractivity contribution in [1.82, 2.24) is 10.2 Å². The lowest BCUT2D eigenvalue weighted by molar-refractivity contribution is -0.128. The number of hydrogen-bond acceptors (Lipinski definition) is 4. The number of hydrogen-bond donors (Lipinski definition) is 1. The van der Waals surface area contributed by atoms with Crippen LogP contribution in [-0.2, 0) is 9.53 Å². The zero-order chi connectivity index (χ0) is 11.4. The van der Waals surface area contributed by atoms with Gasteiger partial charge in [0.15, 0.2) is 0 Å². The molecule has 0 bridgehead atoms. The molecule has 1 saturated heterocycles. The molecule has 8 heteroatoms. The number of cyclic esters (lactones) is 1. The largest absolute Gasteiger partial charge is 0.448 e. The minimum absolute atomic E-state index is 0.0968. The quantitative estimate of drug-likeness (QED) is 0.493. The Morgan fingerprint density at radius 1 is 1.67 bits per heavy atom. The smallest absolute Gasteiger partial charge is 0.416 e. The first kappa shape index (κ1) is 12.0. The summed E-state index contributed by atoms with van der Waals surface area (Å²) in [6.45, 7) is 0.457. The maximum atomic E-state index is 11.5. The molecule has 82 valence electrons. The number of carbonyl (C=O) groups excluding carboxylic acids is 3. The third-order valence-electron chi connectivity index (χ3n) is 1.99. The van der Waals surface area contributed by atoms with Crippen molar-refractivity contribution in [1.29, 1.82) is 0 Å². The van der Waals surface area contributed by atoms with Crippen LogP contribution in [0.25, 0.3) is 0 Å². The normalized spacial score (nSPS) is 19.9. The van der Waals surface area contributed by atoms with Crippen LogP contribution in [0.1, 0.15) is 6.42 Å². The topological polar surface area (TPSA) is 75.7 Å². The minimum atomic E-state index is -0.607. The predicted octanol–water partition coefficient (Wildman–Crippen LogP) is -1.10. The van der Waals surface area contributed by atoms with Gasteiger partial charge in [0.25, 0.3) is 0 Å². The van der Waals surface area contributed by atoms with Gasteiger partial charge in [-0.3, -0.25) is 9.59 Å². The molecule has 1 N–H and O–H groups in total. The van der Waals surface area contributed by atoms with Gasteiger partial charge in [-0.25, -0.2) is 9.69 Å². The Morgan fingerprint density at radius 2 is 2.33 bits per heavy atom. The summed E-state index contributed by atoms with van der Waals surface area (Å²) < 4.78 is 4.70. The van der Waals surface area contributed by atoms with E-state index in [4.69, 9.17) is 4.74 Å². The van der Waals surface area contributed by atoms with Crippen molar-refractivity contribution < 1.29 is 19.1 Å². The summed E-state index contributed by atoms with van der Waals surface area (Å²) in [4.78, 5) is 34.2. The highest BCUT2D eigenvalue weighted by Crippen LogP contribution is 2.10. The summed E-state index contributed by atoms with van der Waals surface area (Å²) in [5, 5.41) is 2.45. The van der Waals surface area contributed by atoms with E-state index in [0.29, 0.717) is 0 Å². The minimum Gasteiger partial charge on any atom is -0.448 e. The molecule has 0 spiro atoms. The molecule has 1 unspecified atom stereocenters. The molecule has 1 aliphatic heterocycles.